The molecular formula is C58H46Si. The molecule has 0 bridgehead atoms. The van der Waals surface area contributed by atoms with Crippen LogP contribution in [0, 0.1) is 0 Å². The molecular weight excluding hydrogens is 725 g/mol. The van der Waals surface area contributed by atoms with Crippen molar-refractivity contribution in [1.82, 2.24) is 0 Å². The highest BCUT2D eigenvalue weighted by Gasteiger charge is 2.40. The molecule has 2 aliphatic carbocycles. The second-order valence-electron chi connectivity index (χ2n) is 18.9. The average Bonchev–Trinajstić information content (AvgIpc) is 3.73. The molecule has 9 aromatic rings. The first-order valence-corrected chi connectivity index (χ1v) is 24.3. The van der Waals surface area contributed by atoms with Gasteiger partial charge in [-0.2, -0.15) is 0 Å². The largest absolute Gasteiger partial charge is 0.113 e. The van der Waals surface area contributed by atoms with Gasteiger partial charge in [-0.3, -0.25) is 0 Å². The standard InChI is InChI=1S/C58H46Si/c1-57(2)49-22-14-12-18-39(49)41-27-24-36(30-51(41)57)37-25-29-43-46-33-47-48(34-54(46)59(5,6)53(43)32-37)55(35-16-8-7-9-17-35)44-20-10-11-21-45(44)56(47)38-26-28-42-40-19-13-15-23-50(40)58(3,4)52(42)31-38/h7-34H,1-6H3. The third-order valence-corrected chi connectivity index (χ3v) is 18.2. The van der Waals surface area contributed by atoms with Gasteiger partial charge >= 0.3 is 0 Å². The van der Waals surface area contributed by atoms with Crippen LogP contribution in [0.1, 0.15) is 49.9 Å². The first kappa shape index (κ1) is 34.7. The van der Waals surface area contributed by atoms with E-state index in [1.807, 2.05) is 0 Å². The maximum absolute atomic E-state index is 2.62. The number of benzene rings is 9. The van der Waals surface area contributed by atoms with Crippen LogP contribution in [-0.2, 0) is 10.8 Å². The molecule has 12 rings (SSSR count). The van der Waals surface area contributed by atoms with Crippen molar-refractivity contribution in [3.63, 3.8) is 0 Å². The van der Waals surface area contributed by atoms with Crippen molar-refractivity contribution in [2.45, 2.75) is 51.6 Å². The van der Waals surface area contributed by atoms with Crippen LogP contribution in [0.4, 0.5) is 0 Å². The van der Waals surface area contributed by atoms with E-state index in [-0.39, 0.29) is 10.8 Å². The van der Waals surface area contributed by atoms with E-state index >= 15 is 0 Å². The van der Waals surface area contributed by atoms with Crippen LogP contribution in [0.15, 0.2) is 170 Å². The third-order valence-electron chi connectivity index (χ3n) is 14.7. The summed E-state index contributed by atoms with van der Waals surface area (Å²) in [5.41, 5.74) is 21.7. The van der Waals surface area contributed by atoms with Crippen LogP contribution in [0.5, 0.6) is 0 Å². The Morgan fingerprint density at radius 3 is 1.37 bits per heavy atom. The van der Waals surface area contributed by atoms with Gasteiger partial charge in [-0.05, 0) is 139 Å². The van der Waals surface area contributed by atoms with Crippen molar-refractivity contribution in [2.24, 2.45) is 0 Å². The Hall–Kier alpha value is -6.28. The van der Waals surface area contributed by atoms with Gasteiger partial charge in [-0.25, -0.2) is 0 Å². The molecule has 282 valence electrons. The lowest BCUT2D eigenvalue weighted by molar-refractivity contribution is 0.660. The van der Waals surface area contributed by atoms with Gasteiger partial charge in [0.25, 0.3) is 0 Å². The van der Waals surface area contributed by atoms with Crippen molar-refractivity contribution in [2.75, 3.05) is 0 Å². The number of fused-ring (bicyclic) bond motifs is 11. The molecule has 0 nitrogen and oxygen atoms in total. The van der Waals surface area contributed by atoms with E-state index in [0.717, 1.165) is 0 Å². The van der Waals surface area contributed by atoms with Gasteiger partial charge in [0.05, 0.1) is 0 Å². The second kappa shape index (κ2) is 11.9. The zero-order valence-electron chi connectivity index (χ0n) is 34.7. The first-order valence-electron chi connectivity index (χ1n) is 21.3. The minimum absolute atomic E-state index is 0.0285. The molecule has 3 aliphatic rings. The Morgan fingerprint density at radius 2 is 0.746 bits per heavy atom. The zero-order valence-corrected chi connectivity index (χ0v) is 35.7. The van der Waals surface area contributed by atoms with E-state index in [1.165, 1.54) is 121 Å². The fraction of sp³-hybridized carbons (Fsp3) is 0.138. The molecule has 0 saturated carbocycles. The van der Waals surface area contributed by atoms with Crippen molar-refractivity contribution in [1.29, 1.82) is 0 Å². The smallest absolute Gasteiger partial charge is 0.0622 e. The highest BCUT2D eigenvalue weighted by atomic mass is 28.3. The highest BCUT2D eigenvalue weighted by Crippen LogP contribution is 2.53. The molecule has 1 heterocycles. The monoisotopic (exact) mass is 770 g/mol. The summed E-state index contributed by atoms with van der Waals surface area (Å²) in [5, 5.41) is 8.36. The molecule has 0 aromatic heterocycles. The molecule has 9 aromatic carbocycles. The van der Waals surface area contributed by atoms with Gasteiger partial charge in [0.1, 0.15) is 8.07 Å². The summed E-state index contributed by atoms with van der Waals surface area (Å²) in [5.74, 6) is 0. The zero-order chi connectivity index (χ0) is 40.0. The molecule has 0 radical (unpaired) electrons. The van der Waals surface area contributed by atoms with Crippen LogP contribution >= 0.6 is 0 Å². The second-order valence-corrected chi connectivity index (χ2v) is 23.2. The highest BCUT2D eigenvalue weighted by molar-refractivity contribution is 7.04. The molecule has 1 aliphatic heterocycles. The molecule has 0 amide bonds. The molecule has 0 saturated heterocycles. The Bertz CT molecular complexity index is 3290. The maximum atomic E-state index is 2.62. The van der Waals surface area contributed by atoms with Gasteiger partial charge in [-0.15, -0.1) is 0 Å². The SMILES string of the molecule is CC1(C)c2ccccc2-c2ccc(-c3ccc4c(c3)[Si](C)(C)c3cc5c(-c6ccccc6)c6ccccc6c(-c6ccc7c(c6)C(C)(C)c6ccccc6-7)c5cc3-4)cc21. The summed E-state index contributed by atoms with van der Waals surface area (Å²) >= 11 is 0. The van der Waals surface area contributed by atoms with E-state index in [1.54, 1.807) is 0 Å². The van der Waals surface area contributed by atoms with E-state index < -0.39 is 8.07 Å². The normalized spacial score (nSPS) is 15.7. The van der Waals surface area contributed by atoms with Gasteiger partial charge < -0.3 is 0 Å². The number of hydrogen-bond donors (Lipinski definition) is 0. The predicted octanol–water partition coefficient (Wildman–Crippen LogP) is 14.4. The lowest BCUT2D eigenvalue weighted by Gasteiger charge is -2.24. The predicted molar refractivity (Wildman–Crippen MR) is 255 cm³/mol. The van der Waals surface area contributed by atoms with Crippen LogP contribution in [0.25, 0.3) is 88.3 Å². The number of hydrogen-bond acceptors (Lipinski definition) is 0. The van der Waals surface area contributed by atoms with E-state index in [2.05, 4.69) is 211 Å². The van der Waals surface area contributed by atoms with Crippen LogP contribution < -0.4 is 10.4 Å². The summed E-state index contributed by atoms with van der Waals surface area (Å²) in [7, 11) is -2.12. The lowest BCUT2D eigenvalue weighted by Crippen LogP contribution is -2.49. The van der Waals surface area contributed by atoms with Crippen molar-refractivity contribution < 1.29 is 0 Å². The van der Waals surface area contributed by atoms with Gasteiger partial charge in [0.2, 0.25) is 0 Å². The van der Waals surface area contributed by atoms with Crippen LogP contribution in [-0.4, -0.2) is 8.07 Å². The molecule has 0 fully saturated rings. The average molecular weight is 771 g/mol. The minimum Gasteiger partial charge on any atom is -0.0622 e. The Labute approximate surface area is 348 Å². The summed E-state index contributed by atoms with van der Waals surface area (Å²) in [6, 6.07) is 65.2. The maximum Gasteiger partial charge on any atom is 0.113 e. The fourth-order valence-electron chi connectivity index (χ4n) is 11.6. The third kappa shape index (κ3) is 4.65. The summed E-state index contributed by atoms with van der Waals surface area (Å²) in [4.78, 5) is 0. The van der Waals surface area contributed by atoms with E-state index in [0.29, 0.717) is 0 Å². The summed E-state index contributed by atoms with van der Waals surface area (Å²) in [6.07, 6.45) is 0. The minimum atomic E-state index is -2.12. The van der Waals surface area contributed by atoms with Crippen molar-refractivity contribution in [3.05, 3.63) is 192 Å². The lowest BCUT2D eigenvalue weighted by atomic mass is 9.80. The Kier molecular flexibility index (Phi) is 7.01. The van der Waals surface area contributed by atoms with E-state index in [9.17, 15) is 0 Å². The van der Waals surface area contributed by atoms with Gasteiger partial charge in [0, 0.05) is 10.8 Å². The summed E-state index contributed by atoms with van der Waals surface area (Å²) in [6.45, 7) is 14.7. The quantitative estimate of drug-likeness (QED) is 0.124. The fourth-order valence-corrected chi connectivity index (χ4v) is 14.6. The molecule has 0 unspecified atom stereocenters. The molecule has 0 atom stereocenters. The summed E-state index contributed by atoms with van der Waals surface area (Å²) < 4.78 is 0. The molecule has 1 heteroatoms. The molecule has 0 spiro atoms. The van der Waals surface area contributed by atoms with Gasteiger partial charge in [0.15, 0.2) is 0 Å². The van der Waals surface area contributed by atoms with Gasteiger partial charge in [-0.1, -0.05) is 192 Å². The first-order chi connectivity index (χ1) is 28.5. The van der Waals surface area contributed by atoms with Crippen LogP contribution in [0.2, 0.25) is 13.1 Å². The van der Waals surface area contributed by atoms with Crippen molar-refractivity contribution >= 4 is 40.0 Å². The topological polar surface area (TPSA) is 0 Å². The van der Waals surface area contributed by atoms with E-state index in [4.69, 9.17) is 0 Å². The molecule has 59 heavy (non-hydrogen) atoms. The van der Waals surface area contributed by atoms with Crippen molar-refractivity contribution in [3.8, 4) is 66.8 Å². The van der Waals surface area contributed by atoms with Crippen LogP contribution in [0.3, 0.4) is 0 Å². The Morgan fingerprint density at radius 1 is 0.305 bits per heavy atom. The number of rotatable bonds is 3. The Balaban J connectivity index is 1.09. The molecule has 0 N–H and O–H groups in total.